The van der Waals surface area contributed by atoms with E-state index in [2.05, 4.69) is 10.3 Å². The van der Waals surface area contributed by atoms with Crippen LogP contribution in [0.1, 0.15) is 5.56 Å². The van der Waals surface area contributed by atoms with Gasteiger partial charge in [-0.3, -0.25) is 4.79 Å². The van der Waals surface area contributed by atoms with Gasteiger partial charge in [0.1, 0.15) is 0 Å². The maximum absolute atomic E-state index is 11.8. The number of nitrogens with zero attached hydrogens (tertiary/aromatic N) is 1. The Hall–Kier alpha value is -1.50. The van der Waals surface area contributed by atoms with Crippen molar-refractivity contribution in [1.82, 2.24) is 4.98 Å². The highest BCUT2D eigenvalue weighted by atomic mass is 32.1. The predicted octanol–water partition coefficient (Wildman–Crippen LogP) is 4.11. The quantitative estimate of drug-likeness (QED) is 0.788. The van der Waals surface area contributed by atoms with Crippen molar-refractivity contribution >= 4 is 45.0 Å². The molecule has 0 fully saturated rings. The maximum atomic E-state index is 11.8. The number of carbonyl (C=O) groups excluding carboxylic acids is 1. The molecule has 0 unspecified atom stereocenters. The van der Waals surface area contributed by atoms with Crippen molar-refractivity contribution in [2.75, 3.05) is 5.32 Å². The number of carbonyl (C=O) groups is 1. The van der Waals surface area contributed by atoms with Gasteiger partial charge in [0, 0.05) is 5.38 Å². The molecule has 3 heterocycles. The molecule has 0 aliphatic heterocycles. The minimum absolute atomic E-state index is 0.0227. The van der Waals surface area contributed by atoms with Crippen molar-refractivity contribution in [1.29, 1.82) is 0 Å². The summed E-state index contributed by atoms with van der Waals surface area (Å²) in [6, 6.07) is 5.98. The predicted molar refractivity (Wildman–Crippen MR) is 82.1 cm³/mol. The molecule has 1 N–H and O–H groups in total. The van der Waals surface area contributed by atoms with E-state index in [1.165, 1.54) is 11.3 Å². The molecule has 1 amide bonds. The van der Waals surface area contributed by atoms with Crippen LogP contribution in [-0.2, 0) is 11.2 Å². The molecule has 0 aliphatic carbocycles. The lowest BCUT2D eigenvalue weighted by Crippen LogP contribution is -2.13. The van der Waals surface area contributed by atoms with Gasteiger partial charge in [-0.2, -0.15) is 11.3 Å². The van der Waals surface area contributed by atoms with Crippen LogP contribution in [0.15, 0.2) is 39.7 Å². The van der Waals surface area contributed by atoms with Crippen LogP contribution < -0.4 is 5.32 Å². The molecule has 6 heteroatoms. The van der Waals surface area contributed by atoms with Gasteiger partial charge in [-0.15, -0.1) is 22.7 Å². The molecule has 3 nitrogen and oxygen atoms in total. The Morgan fingerprint density at radius 3 is 2.89 bits per heavy atom. The number of hydrogen-bond acceptors (Lipinski definition) is 5. The van der Waals surface area contributed by atoms with Gasteiger partial charge in [-0.25, -0.2) is 4.98 Å². The Morgan fingerprint density at radius 1 is 1.21 bits per heavy atom. The van der Waals surface area contributed by atoms with Crippen molar-refractivity contribution in [3.8, 4) is 10.6 Å². The van der Waals surface area contributed by atoms with Crippen molar-refractivity contribution in [2.24, 2.45) is 0 Å². The van der Waals surface area contributed by atoms with Crippen LogP contribution in [0, 0.1) is 0 Å². The van der Waals surface area contributed by atoms with E-state index in [-0.39, 0.29) is 5.91 Å². The molecular weight excluding hydrogens is 296 g/mol. The van der Waals surface area contributed by atoms with E-state index in [0.29, 0.717) is 11.6 Å². The van der Waals surface area contributed by atoms with E-state index in [1.807, 2.05) is 39.7 Å². The Labute approximate surface area is 122 Å². The zero-order valence-corrected chi connectivity index (χ0v) is 12.3. The molecular formula is C13H10N2OS3. The first-order valence-electron chi connectivity index (χ1n) is 5.61. The lowest BCUT2D eigenvalue weighted by Gasteiger charge is -1.99. The maximum Gasteiger partial charge on any atom is 0.230 e. The first kappa shape index (κ1) is 12.5. The van der Waals surface area contributed by atoms with Crippen LogP contribution in [0.4, 0.5) is 5.13 Å². The molecule has 3 aromatic heterocycles. The SMILES string of the molecule is O=C(Cc1ccsc1)Nc1nc(-c2cccs2)cs1. The topological polar surface area (TPSA) is 42.0 Å². The van der Waals surface area contributed by atoms with E-state index in [0.717, 1.165) is 16.1 Å². The second kappa shape index (κ2) is 5.64. The molecule has 0 aliphatic rings. The number of nitrogens with one attached hydrogen (secondary N) is 1. The summed E-state index contributed by atoms with van der Waals surface area (Å²) in [5.41, 5.74) is 1.96. The zero-order chi connectivity index (χ0) is 13.1. The van der Waals surface area contributed by atoms with Gasteiger partial charge in [0.15, 0.2) is 5.13 Å². The van der Waals surface area contributed by atoms with E-state index in [1.54, 1.807) is 22.7 Å². The first-order chi connectivity index (χ1) is 9.31. The molecule has 0 saturated carbocycles. The van der Waals surface area contributed by atoms with Crippen molar-refractivity contribution < 1.29 is 4.79 Å². The highest BCUT2D eigenvalue weighted by Crippen LogP contribution is 2.28. The third-order valence-corrected chi connectivity index (χ3v) is 4.85. The van der Waals surface area contributed by atoms with Crippen molar-refractivity contribution in [2.45, 2.75) is 6.42 Å². The van der Waals surface area contributed by atoms with Crippen LogP contribution in [-0.4, -0.2) is 10.9 Å². The fourth-order valence-corrected chi connectivity index (χ4v) is 3.77. The lowest BCUT2D eigenvalue weighted by atomic mass is 10.2. The second-order valence-corrected chi connectivity index (χ2v) is 6.46. The van der Waals surface area contributed by atoms with Gasteiger partial charge in [-0.05, 0) is 33.8 Å². The van der Waals surface area contributed by atoms with Crippen molar-refractivity contribution in [3.63, 3.8) is 0 Å². The molecule has 0 saturated heterocycles. The summed E-state index contributed by atoms with van der Waals surface area (Å²) in [5, 5.41) is 11.4. The Bertz CT molecular complexity index is 656. The molecule has 3 aromatic rings. The number of aromatic nitrogens is 1. The summed E-state index contributed by atoms with van der Waals surface area (Å²) in [4.78, 5) is 17.4. The third-order valence-electron chi connectivity index (χ3n) is 2.47. The second-order valence-electron chi connectivity index (χ2n) is 3.87. The molecule has 3 rings (SSSR count). The number of thiazole rings is 1. The summed E-state index contributed by atoms with van der Waals surface area (Å²) >= 11 is 4.70. The summed E-state index contributed by atoms with van der Waals surface area (Å²) in [6.07, 6.45) is 0.400. The number of thiophene rings is 2. The van der Waals surface area contributed by atoms with Crippen molar-refractivity contribution in [3.05, 3.63) is 45.3 Å². The fraction of sp³-hybridized carbons (Fsp3) is 0.0769. The van der Waals surface area contributed by atoms with E-state index >= 15 is 0 Å². The summed E-state index contributed by atoms with van der Waals surface area (Å²) in [7, 11) is 0. The molecule has 0 aromatic carbocycles. The summed E-state index contributed by atoms with van der Waals surface area (Å²) < 4.78 is 0. The molecule has 0 spiro atoms. The largest absolute Gasteiger partial charge is 0.302 e. The minimum atomic E-state index is -0.0227. The van der Waals surface area contributed by atoms with Crippen LogP contribution in [0.25, 0.3) is 10.6 Å². The smallest absolute Gasteiger partial charge is 0.230 e. The van der Waals surface area contributed by atoms with Crippen LogP contribution in [0.2, 0.25) is 0 Å². The normalized spacial score (nSPS) is 10.5. The van der Waals surface area contributed by atoms with E-state index < -0.39 is 0 Å². The Morgan fingerprint density at radius 2 is 2.16 bits per heavy atom. The molecule has 0 radical (unpaired) electrons. The average molecular weight is 306 g/mol. The highest BCUT2D eigenvalue weighted by molar-refractivity contribution is 7.16. The number of amides is 1. The van der Waals surface area contributed by atoms with Gasteiger partial charge in [0.2, 0.25) is 5.91 Å². The Balaban J connectivity index is 1.65. The fourth-order valence-electron chi connectivity index (χ4n) is 1.61. The molecule has 0 atom stereocenters. The van der Waals surface area contributed by atoms with Gasteiger partial charge >= 0.3 is 0 Å². The summed E-state index contributed by atoms with van der Waals surface area (Å²) in [6.45, 7) is 0. The van der Waals surface area contributed by atoms with Gasteiger partial charge in [0.25, 0.3) is 0 Å². The van der Waals surface area contributed by atoms with Gasteiger partial charge < -0.3 is 5.32 Å². The monoisotopic (exact) mass is 306 g/mol. The highest BCUT2D eigenvalue weighted by Gasteiger charge is 2.09. The van der Waals surface area contributed by atoms with Crippen LogP contribution in [0.3, 0.4) is 0 Å². The van der Waals surface area contributed by atoms with E-state index in [9.17, 15) is 4.79 Å². The van der Waals surface area contributed by atoms with Gasteiger partial charge in [0.05, 0.1) is 17.0 Å². The number of hydrogen-bond donors (Lipinski definition) is 1. The van der Waals surface area contributed by atoms with Crippen LogP contribution >= 0.6 is 34.0 Å². The third kappa shape index (κ3) is 3.09. The van der Waals surface area contributed by atoms with E-state index in [4.69, 9.17) is 0 Å². The molecule has 0 bridgehead atoms. The standard InChI is InChI=1S/C13H10N2OS3/c16-12(6-9-3-5-17-7-9)15-13-14-10(8-19-13)11-2-1-4-18-11/h1-5,7-8H,6H2,(H,14,15,16). The number of rotatable bonds is 4. The van der Waals surface area contributed by atoms with Gasteiger partial charge in [-0.1, -0.05) is 6.07 Å². The molecule has 96 valence electrons. The summed E-state index contributed by atoms with van der Waals surface area (Å²) in [5.74, 6) is -0.0227. The zero-order valence-electron chi connectivity index (χ0n) is 9.83. The molecule has 19 heavy (non-hydrogen) atoms. The average Bonchev–Trinajstić information content (AvgIpc) is 3.09. The Kier molecular flexibility index (Phi) is 3.72. The first-order valence-corrected chi connectivity index (χ1v) is 8.32. The number of anilines is 1. The van der Waals surface area contributed by atoms with Crippen LogP contribution in [0.5, 0.6) is 0 Å². The minimum Gasteiger partial charge on any atom is -0.302 e. The lowest BCUT2D eigenvalue weighted by molar-refractivity contribution is -0.115.